The normalized spacial score (nSPS) is 16.5. The zero-order chi connectivity index (χ0) is 18.8. The number of rotatable bonds is 4. The summed E-state index contributed by atoms with van der Waals surface area (Å²) in [6.07, 6.45) is 0. The van der Waals surface area contributed by atoms with Crippen LogP contribution in [0.1, 0.15) is 18.5 Å². The predicted octanol–water partition coefficient (Wildman–Crippen LogP) is 3.90. The van der Waals surface area contributed by atoms with Crippen LogP contribution in [0.25, 0.3) is 0 Å². The molecule has 0 N–H and O–H groups in total. The van der Waals surface area contributed by atoms with Crippen LogP contribution in [0.4, 0.5) is 24.5 Å². The summed E-state index contributed by atoms with van der Waals surface area (Å²) in [6, 6.07) is 7.29. The quantitative estimate of drug-likeness (QED) is 0.609. The number of nitro benzene ring substituents is 1. The average Bonchev–Trinajstić information content (AvgIpc) is 2.61. The van der Waals surface area contributed by atoms with Crippen LogP contribution in [0.15, 0.2) is 36.4 Å². The summed E-state index contributed by atoms with van der Waals surface area (Å²) in [6.45, 7) is 3.75. The molecule has 1 fully saturated rings. The van der Waals surface area contributed by atoms with Gasteiger partial charge in [-0.3, -0.25) is 15.0 Å². The van der Waals surface area contributed by atoms with E-state index in [1.807, 2.05) is 11.8 Å². The Labute approximate surface area is 148 Å². The highest BCUT2D eigenvalue weighted by Crippen LogP contribution is 2.32. The van der Waals surface area contributed by atoms with Gasteiger partial charge in [-0.1, -0.05) is 12.1 Å². The first-order valence-corrected chi connectivity index (χ1v) is 8.25. The number of halogens is 3. The van der Waals surface area contributed by atoms with Crippen molar-refractivity contribution < 1.29 is 18.1 Å². The minimum atomic E-state index is -0.864. The maximum absolute atomic E-state index is 14.0. The van der Waals surface area contributed by atoms with Crippen LogP contribution in [-0.2, 0) is 0 Å². The maximum Gasteiger partial charge on any atom is 0.327 e. The molecule has 1 heterocycles. The van der Waals surface area contributed by atoms with E-state index in [0.717, 1.165) is 12.1 Å². The molecule has 0 spiro atoms. The van der Waals surface area contributed by atoms with Gasteiger partial charge in [0.2, 0.25) is 5.82 Å². The van der Waals surface area contributed by atoms with Gasteiger partial charge >= 0.3 is 5.69 Å². The summed E-state index contributed by atoms with van der Waals surface area (Å²) >= 11 is 0. The molecule has 0 amide bonds. The lowest BCUT2D eigenvalue weighted by molar-refractivity contribution is -0.386. The second-order valence-electron chi connectivity index (χ2n) is 6.23. The van der Waals surface area contributed by atoms with Crippen molar-refractivity contribution >= 4 is 11.4 Å². The Bertz CT molecular complexity index is 823. The van der Waals surface area contributed by atoms with Gasteiger partial charge in [0.25, 0.3) is 0 Å². The molecule has 8 heteroatoms. The molecule has 1 saturated heterocycles. The third kappa shape index (κ3) is 3.50. The second kappa shape index (κ2) is 7.33. The molecule has 0 aliphatic carbocycles. The summed E-state index contributed by atoms with van der Waals surface area (Å²) in [4.78, 5) is 14.2. The first-order valence-electron chi connectivity index (χ1n) is 8.25. The molecule has 1 aliphatic heterocycles. The van der Waals surface area contributed by atoms with E-state index in [9.17, 15) is 23.3 Å². The van der Waals surface area contributed by atoms with Crippen molar-refractivity contribution in [1.29, 1.82) is 0 Å². The smallest absolute Gasteiger partial charge is 0.327 e. The lowest BCUT2D eigenvalue weighted by Crippen LogP contribution is -2.47. The van der Waals surface area contributed by atoms with Crippen LogP contribution in [-0.4, -0.2) is 36.0 Å². The van der Waals surface area contributed by atoms with Crippen LogP contribution >= 0.6 is 0 Å². The van der Waals surface area contributed by atoms with E-state index in [-0.39, 0.29) is 11.7 Å². The summed E-state index contributed by atoms with van der Waals surface area (Å²) < 4.78 is 40.9. The number of nitrogens with zero attached hydrogens (tertiary/aromatic N) is 3. The zero-order valence-electron chi connectivity index (χ0n) is 14.2. The molecule has 0 bridgehead atoms. The summed E-state index contributed by atoms with van der Waals surface area (Å²) in [7, 11) is 0. The van der Waals surface area contributed by atoms with Gasteiger partial charge in [-0.05, 0) is 25.1 Å². The second-order valence-corrected chi connectivity index (χ2v) is 6.23. The van der Waals surface area contributed by atoms with Crippen molar-refractivity contribution in [2.45, 2.75) is 13.0 Å². The Kier molecular flexibility index (Phi) is 5.13. The van der Waals surface area contributed by atoms with Crippen molar-refractivity contribution in [2.75, 3.05) is 31.1 Å². The maximum atomic E-state index is 14.0. The molecule has 0 saturated carbocycles. The largest absolute Gasteiger partial charge is 0.363 e. The molecule has 0 radical (unpaired) electrons. The number of anilines is 1. The Hall–Kier alpha value is -2.61. The van der Waals surface area contributed by atoms with E-state index in [2.05, 4.69) is 0 Å². The van der Waals surface area contributed by atoms with Crippen LogP contribution in [0.5, 0.6) is 0 Å². The molecule has 1 unspecified atom stereocenters. The minimum Gasteiger partial charge on any atom is -0.363 e. The summed E-state index contributed by atoms with van der Waals surface area (Å²) in [5, 5.41) is 11.2. The van der Waals surface area contributed by atoms with Gasteiger partial charge in [0.05, 0.1) is 4.92 Å². The van der Waals surface area contributed by atoms with E-state index in [4.69, 9.17) is 0 Å². The van der Waals surface area contributed by atoms with E-state index in [1.54, 1.807) is 4.90 Å². The Balaban J connectivity index is 1.74. The van der Waals surface area contributed by atoms with Crippen molar-refractivity contribution in [3.8, 4) is 0 Å². The predicted molar refractivity (Wildman–Crippen MR) is 91.6 cm³/mol. The third-order valence-corrected chi connectivity index (χ3v) is 4.76. The Morgan fingerprint density at radius 1 is 1.04 bits per heavy atom. The molecule has 1 aliphatic rings. The molecular formula is C18H18F3N3O2. The van der Waals surface area contributed by atoms with Crippen LogP contribution < -0.4 is 4.90 Å². The van der Waals surface area contributed by atoms with E-state index in [0.29, 0.717) is 31.7 Å². The minimum absolute atomic E-state index is 0.246. The first-order chi connectivity index (χ1) is 12.4. The number of para-hydroxylation sites is 1. The fraction of sp³-hybridized carbons (Fsp3) is 0.333. The lowest BCUT2D eigenvalue weighted by Gasteiger charge is -2.39. The number of hydrogen-bond acceptors (Lipinski definition) is 4. The van der Waals surface area contributed by atoms with Gasteiger partial charge in [-0.25, -0.2) is 8.78 Å². The first kappa shape index (κ1) is 18.2. The fourth-order valence-electron chi connectivity index (χ4n) is 3.33. The Morgan fingerprint density at radius 3 is 2.35 bits per heavy atom. The van der Waals surface area contributed by atoms with E-state index >= 15 is 0 Å². The van der Waals surface area contributed by atoms with Crippen LogP contribution in [0, 0.1) is 27.6 Å². The van der Waals surface area contributed by atoms with Gasteiger partial charge in [0, 0.05) is 43.9 Å². The molecule has 0 aromatic heterocycles. The highest BCUT2D eigenvalue weighted by atomic mass is 19.1. The SMILES string of the molecule is CC(c1ccc(F)cc1F)N1CCN(c2cccc(F)c2[N+](=O)[O-])CC1. The van der Waals surface area contributed by atoms with Gasteiger partial charge in [0.15, 0.2) is 0 Å². The Morgan fingerprint density at radius 2 is 1.73 bits per heavy atom. The average molecular weight is 365 g/mol. The zero-order valence-corrected chi connectivity index (χ0v) is 14.2. The van der Waals surface area contributed by atoms with E-state index in [1.165, 1.54) is 24.3 Å². The van der Waals surface area contributed by atoms with Crippen molar-refractivity contribution in [3.05, 3.63) is 69.5 Å². The molecule has 2 aromatic rings. The van der Waals surface area contributed by atoms with Gasteiger partial charge in [-0.2, -0.15) is 4.39 Å². The number of piperazine rings is 1. The van der Waals surface area contributed by atoms with Gasteiger partial charge in [0.1, 0.15) is 17.3 Å². The number of benzene rings is 2. The molecule has 3 rings (SSSR count). The molecule has 1 atom stereocenters. The lowest BCUT2D eigenvalue weighted by atomic mass is 10.0. The van der Waals surface area contributed by atoms with Gasteiger partial charge in [-0.15, -0.1) is 0 Å². The van der Waals surface area contributed by atoms with Crippen molar-refractivity contribution in [1.82, 2.24) is 4.90 Å². The highest BCUT2D eigenvalue weighted by molar-refractivity contribution is 5.64. The van der Waals surface area contributed by atoms with E-state index < -0.39 is 28.1 Å². The molecule has 26 heavy (non-hydrogen) atoms. The van der Waals surface area contributed by atoms with Crippen molar-refractivity contribution in [3.63, 3.8) is 0 Å². The third-order valence-electron chi connectivity index (χ3n) is 4.76. The molecule has 5 nitrogen and oxygen atoms in total. The summed E-state index contributed by atoms with van der Waals surface area (Å²) in [5.41, 5.74) is 0.116. The molecular weight excluding hydrogens is 347 g/mol. The summed E-state index contributed by atoms with van der Waals surface area (Å²) in [5.74, 6) is -2.08. The fourth-order valence-corrected chi connectivity index (χ4v) is 3.33. The monoisotopic (exact) mass is 365 g/mol. The standard InChI is InChI=1S/C18H18F3N3O2/c1-12(14-6-5-13(19)11-16(14)21)22-7-9-23(10-8-22)17-4-2-3-15(20)18(17)24(25)26/h2-6,11-12H,7-10H2,1H3. The molecule has 2 aromatic carbocycles. The number of hydrogen-bond donors (Lipinski definition) is 0. The number of nitro groups is 1. The highest BCUT2D eigenvalue weighted by Gasteiger charge is 2.29. The van der Waals surface area contributed by atoms with Crippen LogP contribution in [0.3, 0.4) is 0 Å². The molecule has 138 valence electrons. The van der Waals surface area contributed by atoms with Crippen LogP contribution in [0.2, 0.25) is 0 Å². The topological polar surface area (TPSA) is 49.6 Å². The van der Waals surface area contributed by atoms with Crippen molar-refractivity contribution in [2.24, 2.45) is 0 Å². The van der Waals surface area contributed by atoms with Gasteiger partial charge < -0.3 is 4.90 Å².